The van der Waals surface area contributed by atoms with E-state index in [1.54, 1.807) is 27.8 Å². The average Bonchev–Trinajstić information content (AvgIpc) is 3.18. The molecule has 0 bridgehead atoms. The van der Waals surface area contributed by atoms with Crippen molar-refractivity contribution in [3.63, 3.8) is 0 Å². The van der Waals surface area contributed by atoms with Crippen LogP contribution >= 0.6 is 0 Å². The molecule has 0 saturated heterocycles. The van der Waals surface area contributed by atoms with Crippen LogP contribution in [0.1, 0.15) is 21.7 Å². The number of para-hydroxylation sites is 1. The van der Waals surface area contributed by atoms with E-state index in [9.17, 15) is 14.7 Å². The van der Waals surface area contributed by atoms with Gasteiger partial charge in [0.05, 0.1) is 32.1 Å². The van der Waals surface area contributed by atoms with Gasteiger partial charge in [0, 0.05) is 30.3 Å². The number of ether oxygens (including phenoxy) is 2. The molecular formula is C22H22N4O5. The third kappa shape index (κ3) is 3.89. The largest absolute Gasteiger partial charge is 0.493 e. The zero-order valence-electron chi connectivity index (χ0n) is 17.2. The molecule has 9 nitrogen and oxygen atoms in total. The number of nitrogens with zero attached hydrogens (tertiary/aromatic N) is 3. The summed E-state index contributed by atoms with van der Waals surface area (Å²) in [6.07, 6.45) is 0.490. The van der Waals surface area contributed by atoms with Gasteiger partial charge in [0.1, 0.15) is 0 Å². The molecule has 0 unspecified atom stereocenters. The van der Waals surface area contributed by atoms with Crippen LogP contribution < -0.4 is 14.8 Å². The second kappa shape index (κ2) is 8.39. The molecule has 9 heteroatoms. The Morgan fingerprint density at radius 2 is 1.81 bits per heavy atom. The van der Waals surface area contributed by atoms with Crippen molar-refractivity contribution < 1.29 is 24.2 Å². The quantitative estimate of drug-likeness (QED) is 0.654. The number of hydrogen-bond donors (Lipinski definition) is 2. The highest BCUT2D eigenvalue weighted by molar-refractivity contribution is 5.91. The lowest BCUT2D eigenvalue weighted by Crippen LogP contribution is -2.39. The topological polar surface area (TPSA) is 106 Å². The van der Waals surface area contributed by atoms with Crippen LogP contribution in [0.15, 0.2) is 48.5 Å². The Balaban J connectivity index is 1.58. The number of hydrogen-bond acceptors (Lipinski definition) is 5. The summed E-state index contributed by atoms with van der Waals surface area (Å²) < 4.78 is 12.1. The van der Waals surface area contributed by atoms with Gasteiger partial charge in [0.15, 0.2) is 17.2 Å². The summed E-state index contributed by atoms with van der Waals surface area (Å²) >= 11 is 0. The van der Waals surface area contributed by atoms with E-state index in [2.05, 4.69) is 10.4 Å². The fourth-order valence-corrected chi connectivity index (χ4v) is 3.66. The molecule has 0 aliphatic carbocycles. The second-order valence-electron chi connectivity index (χ2n) is 7.00. The number of carbonyl (C=O) groups is 2. The number of anilines is 1. The van der Waals surface area contributed by atoms with Gasteiger partial charge >= 0.3 is 12.0 Å². The number of aromatic nitrogens is 2. The first-order valence-electron chi connectivity index (χ1n) is 9.69. The van der Waals surface area contributed by atoms with Gasteiger partial charge in [-0.25, -0.2) is 14.3 Å². The fourth-order valence-electron chi connectivity index (χ4n) is 3.66. The molecule has 4 rings (SSSR count). The van der Waals surface area contributed by atoms with Crippen LogP contribution in [0.25, 0.3) is 5.69 Å². The van der Waals surface area contributed by atoms with E-state index < -0.39 is 5.97 Å². The van der Waals surface area contributed by atoms with Crippen molar-refractivity contribution in [2.24, 2.45) is 0 Å². The van der Waals surface area contributed by atoms with E-state index in [0.29, 0.717) is 35.7 Å². The third-order valence-corrected chi connectivity index (χ3v) is 5.18. The van der Waals surface area contributed by atoms with E-state index in [1.807, 2.05) is 30.3 Å². The second-order valence-corrected chi connectivity index (χ2v) is 7.00. The lowest BCUT2D eigenvalue weighted by molar-refractivity contribution is 0.0687. The van der Waals surface area contributed by atoms with Gasteiger partial charge in [-0.1, -0.05) is 18.2 Å². The summed E-state index contributed by atoms with van der Waals surface area (Å²) in [5.74, 6) is -0.0610. The lowest BCUT2D eigenvalue weighted by Gasteiger charge is -2.28. The van der Waals surface area contributed by atoms with Gasteiger partial charge in [-0.3, -0.25) is 0 Å². The van der Waals surface area contributed by atoms with Crippen molar-refractivity contribution in [3.8, 4) is 17.2 Å². The van der Waals surface area contributed by atoms with Crippen molar-refractivity contribution >= 4 is 17.7 Å². The Morgan fingerprint density at radius 3 is 2.48 bits per heavy atom. The first-order valence-corrected chi connectivity index (χ1v) is 9.69. The van der Waals surface area contributed by atoms with Crippen molar-refractivity contribution in [2.75, 3.05) is 26.1 Å². The SMILES string of the molecule is COc1ccc(NC(=O)N2CCc3c(c(C(=O)O)nn3-c3ccccc3)C2)cc1OC. The van der Waals surface area contributed by atoms with Crippen molar-refractivity contribution in [3.05, 3.63) is 65.5 Å². The van der Waals surface area contributed by atoms with Gasteiger partial charge in [0.2, 0.25) is 0 Å². The van der Waals surface area contributed by atoms with E-state index in [0.717, 1.165) is 11.4 Å². The molecule has 0 spiro atoms. The van der Waals surface area contributed by atoms with Crippen molar-refractivity contribution in [2.45, 2.75) is 13.0 Å². The zero-order valence-corrected chi connectivity index (χ0v) is 17.2. The Bertz CT molecular complexity index is 1130. The summed E-state index contributed by atoms with van der Waals surface area (Å²) in [5, 5.41) is 16.8. The molecule has 2 heterocycles. The third-order valence-electron chi connectivity index (χ3n) is 5.18. The molecule has 0 saturated carbocycles. The highest BCUT2D eigenvalue weighted by atomic mass is 16.5. The number of benzene rings is 2. The van der Waals surface area contributed by atoms with Crippen molar-refractivity contribution in [1.82, 2.24) is 14.7 Å². The first kappa shape index (κ1) is 20.3. The summed E-state index contributed by atoms with van der Waals surface area (Å²) in [6.45, 7) is 0.590. The Morgan fingerprint density at radius 1 is 1.06 bits per heavy atom. The lowest BCUT2D eigenvalue weighted by atomic mass is 10.1. The predicted octanol–water partition coefficient (Wildman–Crippen LogP) is 3.18. The highest BCUT2D eigenvalue weighted by Gasteiger charge is 2.30. The molecule has 1 aliphatic rings. The van der Waals surface area contributed by atoms with Gasteiger partial charge in [0.25, 0.3) is 0 Å². The molecule has 0 atom stereocenters. The number of methoxy groups -OCH3 is 2. The van der Waals surface area contributed by atoms with Gasteiger partial charge < -0.3 is 24.8 Å². The Hall–Kier alpha value is -4.01. The van der Waals surface area contributed by atoms with Crippen LogP contribution in [0.3, 0.4) is 0 Å². The minimum Gasteiger partial charge on any atom is -0.493 e. The number of aromatic carboxylic acids is 1. The van der Waals surface area contributed by atoms with E-state index in [1.165, 1.54) is 14.2 Å². The molecule has 2 amide bonds. The molecule has 1 aliphatic heterocycles. The summed E-state index contributed by atoms with van der Waals surface area (Å²) in [4.78, 5) is 26.2. The molecule has 2 aromatic carbocycles. The summed E-state index contributed by atoms with van der Waals surface area (Å²) in [7, 11) is 3.06. The van der Waals surface area contributed by atoms with Gasteiger partial charge in [-0.05, 0) is 24.3 Å². The van der Waals surface area contributed by atoms with E-state index in [4.69, 9.17) is 9.47 Å². The maximum atomic E-state index is 12.9. The number of urea groups is 1. The average molecular weight is 422 g/mol. The van der Waals surface area contributed by atoms with Crippen LogP contribution in [-0.4, -0.2) is 52.6 Å². The molecule has 3 aromatic rings. The smallest absolute Gasteiger partial charge is 0.356 e. The number of nitrogens with one attached hydrogen (secondary N) is 1. The zero-order chi connectivity index (χ0) is 22.0. The maximum Gasteiger partial charge on any atom is 0.356 e. The molecule has 1 aromatic heterocycles. The highest BCUT2D eigenvalue weighted by Crippen LogP contribution is 2.30. The monoisotopic (exact) mass is 422 g/mol. The van der Waals surface area contributed by atoms with Crippen LogP contribution in [0, 0.1) is 0 Å². The normalized spacial score (nSPS) is 12.8. The number of carboxylic acid groups (broad SMARTS) is 1. The van der Waals surface area contributed by atoms with Gasteiger partial charge in [-0.2, -0.15) is 5.10 Å². The van der Waals surface area contributed by atoms with Crippen LogP contribution in [-0.2, 0) is 13.0 Å². The number of fused-ring (bicyclic) bond motifs is 1. The molecular weight excluding hydrogens is 400 g/mol. The van der Waals surface area contributed by atoms with Crippen LogP contribution in [0.5, 0.6) is 11.5 Å². The van der Waals surface area contributed by atoms with E-state index >= 15 is 0 Å². The molecule has 160 valence electrons. The number of carbonyl (C=O) groups excluding carboxylic acids is 1. The standard InChI is InChI=1S/C22H22N4O5/c1-30-18-9-8-14(12-19(18)31-2)23-22(29)25-11-10-17-16(13-25)20(21(27)28)24-26(17)15-6-4-3-5-7-15/h3-9,12H,10-11,13H2,1-2H3,(H,23,29)(H,27,28). The maximum absolute atomic E-state index is 12.9. The van der Waals surface area contributed by atoms with Crippen LogP contribution in [0.2, 0.25) is 0 Å². The minimum atomic E-state index is -1.12. The van der Waals surface area contributed by atoms with Crippen LogP contribution in [0.4, 0.5) is 10.5 Å². The summed E-state index contributed by atoms with van der Waals surface area (Å²) in [5.41, 5.74) is 2.65. The Kier molecular flexibility index (Phi) is 5.48. The fraction of sp³-hybridized carbons (Fsp3) is 0.227. The molecule has 2 N–H and O–H groups in total. The molecule has 0 radical (unpaired) electrons. The Labute approximate surface area is 178 Å². The molecule has 0 fully saturated rings. The number of rotatable bonds is 5. The summed E-state index contributed by atoms with van der Waals surface area (Å²) in [6, 6.07) is 14.1. The number of amides is 2. The molecule has 31 heavy (non-hydrogen) atoms. The van der Waals surface area contributed by atoms with Gasteiger partial charge in [-0.15, -0.1) is 0 Å². The first-order chi connectivity index (χ1) is 15.0. The van der Waals surface area contributed by atoms with E-state index in [-0.39, 0.29) is 18.3 Å². The predicted molar refractivity (Wildman–Crippen MR) is 113 cm³/mol. The van der Waals surface area contributed by atoms with Crippen molar-refractivity contribution in [1.29, 1.82) is 0 Å². The number of carboxylic acids is 1. The minimum absolute atomic E-state index is 0.0394.